The second-order valence-corrected chi connectivity index (χ2v) is 8.39. The van der Waals surface area contributed by atoms with Crippen molar-refractivity contribution >= 4 is 33.9 Å². The molecule has 4 aromatic rings. The van der Waals surface area contributed by atoms with Crippen LogP contribution in [0.25, 0.3) is 16.8 Å². The lowest BCUT2D eigenvalue weighted by atomic mass is 10.0. The van der Waals surface area contributed by atoms with E-state index in [1.807, 2.05) is 61.8 Å². The first-order valence-electron chi connectivity index (χ1n) is 10.6. The summed E-state index contributed by atoms with van der Waals surface area (Å²) in [4.78, 5) is 30.7. The van der Waals surface area contributed by atoms with Gasteiger partial charge in [0.15, 0.2) is 0 Å². The number of fused-ring (bicyclic) bond motifs is 1. The number of aryl methyl sites for hydroxylation is 3. The number of esters is 1. The van der Waals surface area contributed by atoms with Crippen LogP contribution in [0.2, 0.25) is 0 Å². The fraction of sp³-hybridized carbons (Fsp3) is 0.240. The summed E-state index contributed by atoms with van der Waals surface area (Å²) in [6.07, 6.45) is 2.76. The quantitative estimate of drug-likeness (QED) is 0.387. The maximum atomic E-state index is 13.3. The highest BCUT2D eigenvalue weighted by Crippen LogP contribution is 2.37. The lowest BCUT2D eigenvalue weighted by Gasteiger charge is -2.10. The van der Waals surface area contributed by atoms with E-state index in [9.17, 15) is 9.59 Å². The zero-order chi connectivity index (χ0) is 22.8. The van der Waals surface area contributed by atoms with Gasteiger partial charge in [-0.05, 0) is 49.9 Å². The Kier molecular flexibility index (Phi) is 6.10. The number of aromatic nitrogens is 2. The third-order valence-electron chi connectivity index (χ3n) is 5.41. The lowest BCUT2D eigenvalue weighted by Crippen LogP contribution is -2.17. The van der Waals surface area contributed by atoms with Crippen molar-refractivity contribution in [3.05, 3.63) is 76.1 Å². The Morgan fingerprint density at radius 1 is 1.12 bits per heavy atom. The molecule has 1 N–H and O–H groups in total. The zero-order valence-electron chi connectivity index (χ0n) is 18.6. The van der Waals surface area contributed by atoms with Crippen LogP contribution in [0.15, 0.2) is 48.0 Å². The van der Waals surface area contributed by atoms with Gasteiger partial charge in [-0.25, -0.2) is 9.78 Å². The molecule has 1 aromatic carbocycles. The molecule has 0 spiro atoms. The summed E-state index contributed by atoms with van der Waals surface area (Å²) in [5.74, 6) is -0.773. The molecule has 4 rings (SSSR count). The summed E-state index contributed by atoms with van der Waals surface area (Å²) in [5, 5.41) is 5.28. The molecule has 0 radical (unpaired) electrons. The Labute approximate surface area is 190 Å². The van der Waals surface area contributed by atoms with Gasteiger partial charge in [0.1, 0.15) is 21.9 Å². The predicted octanol–water partition coefficient (Wildman–Crippen LogP) is 5.67. The van der Waals surface area contributed by atoms with Gasteiger partial charge in [-0.15, -0.1) is 11.3 Å². The highest BCUT2D eigenvalue weighted by atomic mass is 32.1. The molecule has 164 valence electrons. The van der Waals surface area contributed by atoms with Crippen LogP contribution >= 0.6 is 11.3 Å². The van der Waals surface area contributed by atoms with Crippen LogP contribution in [-0.4, -0.2) is 27.9 Å². The molecule has 0 bridgehead atoms. The first kappa shape index (κ1) is 21.8. The van der Waals surface area contributed by atoms with Gasteiger partial charge in [-0.2, -0.15) is 0 Å². The van der Waals surface area contributed by atoms with Crippen LogP contribution in [0.5, 0.6) is 0 Å². The SMILES string of the molecule is CCOC(=O)c1c(-c2ccc(CC)cc2)csc1NC(=O)c1c(C)nc2c(C)cccn12. The number of thiophene rings is 1. The van der Waals surface area contributed by atoms with E-state index in [2.05, 4.69) is 17.2 Å². The molecule has 3 heterocycles. The van der Waals surface area contributed by atoms with Crippen LogP contribution in [-0.2, 0) is 11.2 Å². The molecule has 0 unspecified atom stereocenters. The van der Waals surface area contributed by atoms with Gasteiger partial charge in [0, 0.05) is 17.1 Å². The molecule has 0 saturated carbocycles. The molecule has 7 heteroatoms. The van der Waals surface area contributed by atoms with Gasteiger partial charge in [-0.1, -0.05) is 37.3 Å². The van der Waals surface area contributed by atoms with E-state index in [4.69, 9.17) is 4.74 Å². The molecular formula is C25H25N3O3S. The standard InChI is InChI=1S/C25H25N3O3S/c1-5-17-9-11-18(12-10-17)19-14-32-24(20(19)25(30)31-6-2)27-23(29)21-16(4)26-22-15(3)8-7-13-28(21)22/h7-14H,5-6H2,1-4H3,(H,27,29). The third-order valence-corrected chi connectivity index (χ3v) is 6.30. The van der Waals surface area contributed by atoms with Gasteiger partial charge >= 0.3 is 5.97 Å². The summed E-state index contributed by atoms with van der Waals surface area (Å²) < 4.78 is 7.09. The Bertz CT molecular complexity index is 1300. The molecule has 1 amide bonds. The van der Waals surface area contributed by atoms with Crippen LogP contribution in [0.1, 0.15) is 51.5 Å². The number of hydrogen-bond acceptors (Lipinski definition) is 5. The van der Waals surface area contributed by atoms with Crippen molar-refractivity contribution in [2.24, 2.45) is 0 Å². The summed E-state index contributed by atoms with van der Waals surface area (Å²) in [6.45, 7) is 7.88. The summed E-state index contributed by atoms with van der Waals surface area (Å²) in [5.41, 5.74) is 6.04. The predicted molar refractivity (Wildman–Crippen MR) is 128 cm³/mol. The van der Waals surface area contributed by atoms with Crippen molar-refractivity contribution in [3.63, 3.8) is 0 Å². The molecule has 6 nitrogen and oxygen atoms in total. The number of nitrogens with one attached hydrogen (secondary N) is 1. The van der Waals surface area contributed by atoms with Crippen LogP contribution in [0, 0.1) is 13.8 Å². The van der Waals surface area contributed by atoms with Gasteiger partial charge in [0.05, 0.1) is 12.3 Å². The number of amides is 1. The molecule has 0 saturated heterocycles. The number of pyridine rings is 1. The van der Waals surface area contributed by atoms with Crippen molar-refractivity contribution in [2.45, 2.75) is 34.1 Å². The molecule has 0 fully saturated rings. The minimum absolute atomic E-state index is 0.252. The number of nitrogens with zero attached hydrogens (tertiary/aromatic N) is 2. The molecule has 0 aliphatic rings. The van der Waals surface area contributed by atoms with Gasteiger partial charge < -0.3 is 10.1 Å². The monoisotopic (exact) mass is 447 g/mol. The number of carbonyl (C=O) groups is 2. The molecule has 0 aliphatic carbocycles. The van der Waals surface area contributed by atoms with Crippen LogP contribution in [0.3, 0.4) is 0 Å². The van der Waals surface area contributed by atoms with E-state index in [0.29, 0.717) is 22.0 Å². The largest absolute Gasteiger partial charge is 0.462 e. The summed E-state index contributed by atoms with van der Waals surface area (Å²) in [7, 11) is 0. The Balaban J connectivity index is 1.75. The second-order valence-electron chi connectivity index (χ2n) is 7.51. The van der Waals surface area contributed by atoms with Gasteiger partial charge in [-0.3, -0.25) is 9.20 Å². The highest BCUT2D eigenvalue weighted by molar-refractivity contribution is 7.15. The maximum absolute atomic E-state index is 13.3. The summed E-state index contributed by atoms with van der Waals surface area (Å²) in [6, 6.07) is 11.9. The first-order valence-corrected chi connectivity index (χ1v) is 11.5. The van der Waals surface area contributed by atoms with Crippen molar-refractivity contribution in [3.8, 4) is 11.1 Å². The maximum Gasteiger partial charge on any atom is 0.341 e. The third kappa shape index (κ3) is 3.91. The number of carbonyl (C=O) groups excluding carboxylic acids is 2. The van der Waals surface area contributed by atoms with E-state index < -0.39 is 5.97 Å². The van der Waals surface area contributed by atoms with Crippen LogP contribution < -0.4 is 5.32 Å². The van der Waals surface area contributed by atoms with Crippen molar-refractivity contribution < 1.29 is 14.3 Å². The summed E-state index contributed by atoms with van der Waals surface area (Å²) >= 11 is 1.31. The molecular weight excluding hydrogens is 422 g/mol. The second kappa shape index (κ2) is 8.96. The fourth-order valence-corrected chi connectivity index (χ4v) is 4.69. The van der Waals surface area contributed by atoms with E-state index in [0.717, 1.165) is 28.8 Å². The number of benzene rings is 1. The number of ether oxygens (including phenoxy) is 1. The van der Waals surface area contributed by atoms with E-state index in [1.165, 1.54) is 16.9 Å². The Morgan fingerprint density at radius 3 is 2.56 bits per heavy atom. The number of anilines is 1. The topological polar surface area (TPSA) is 72.7 Å². The lowest BCUT2D eigenvalue weighted by molar-refractivity contribution is 0.0529. The highest BCUT2D eigenvalue weighted by Gasteiger charge is 2.25. The van der Waals surface area contributed by atoms with E-state index in [-0.39, 0.29) is 12.5 Å². The van der Waals surface area contributed by atoms with Gasteiger partial charge in [0.25, 0.3) is 5.91 Å². The van der Waals surface area contributed by atoms with E-state index in [1.54, 1.807) is 11.3 Å². The van der Waals surface area contributed by atoms with Crippen molar-refractivity contribution in [1.82, 2.24) is 9.38 Å². The average molecular weight is 448 g/mol. The molecule has 0 atom stereocenters. The van der Waals surface area contributed by atoms with E-state index >= 15 is 0 Å². The first-order chi connectivity index (χ1) is 15.4. The minimum atomic E-state index is -0.454. The van der Waals surface area contributed by atoms with Gasteiger partial charge in [0.2, 0.25) is 0 Å². The normalized spacial score (nSPS) is 11.0. The Morgan fingerprint density at radius 2 is 1.88 bits per heavy atom. The number of hydrogen-bond donors (Lipinski definition) is 1. The minimum Gasteiger partial charge on any atom is -0.462 e. The number of rotatable bonds is 6. The van der Waals surface area contributed by atoms with Crippen molar-refractivity contribution in [2.75, 3.05) is 11.9 Å². The molecule has 0 aliphatic heterocycles. The smallest absolute Gasteiger partial charge is 0.341 e. The van der Waals surface area contributed by atoms with Crippen molar-refractivity contribution in [1.29, 1.82) is 0 Å². The molecule has 3 aromatic heterocycles. The number of imidazole rings is 1. The molecule has 32 heavy (non-hydrogen) atoms. The van der Waals surface area contributed by atoms with Crippen LogP contribution in [0.4, 0.5) is 5.00 Å². The fourth-order valence-electron chi connectivity index (χ4n) is 3.74. The Hall–Kier alpha value is -3.45. The average Bonchev–Trinajstić information content (AvgIpc) is 3.35. The zero-order valence-corrected chi connectivity index (χ0v) is 19.4.